The van der Waals surface area contributed by atoms with Gasteiger partial charge in [0, 0.05) is 23.8 Å². The van der Waals surface area contributed by atoms with Crippen LogP contribution in [0.3, 0.4) is 0 Å². The van der Waals surface area contributed by atoms with Crippen molar-refractivity contribution in [2.45, 2.75) is 39.7 Å². The van der Waals surface area contributed by atoms with Crippen molar-refractivity contribution in [3.05, 3.63) is 80.4 Å². The Morgan fingerprint density at radius 2 is 1.84 bits per heavy atom. The van der Waals surface area contributed by atoms with E-state index in [1.807, 2.05) is 26.0 Å². The molecule has 1 aliphatic heterocycles. The number of benzene rings is 2. The van der Waals surface area contributed by atoms with Crippen LogP contribution < -0.4 is 20.9 Å². The quantitative estimate of drug-likeness (QED) is 0.320. The molecular formula is C28H28ClN5O3. The van der Waals surface area contributed by atoms with Gasteiger partial charge in [0.15, 0.2) is 0 Å². The third kappa shape index (κ3) is 5.08. The van der Waals surface area contributed by atoms with Gasteiger partial charge in [0.05, 0.1) is 28.3 Å². The normalized spacial score (nSPS) is 14.9. The Balaban J connectivity index is 1.64. The Morgan fingerprint density at radius 3 is 2.49 bits per heavy atom. The van der Waals surface area contributed by atoms with Gasteiger partial charge in [-0.15, -0.1) is 0 Å². The predicted octanol–water partition coefficient (Wildman–Crippen LogP) is 4.95. The SMILES string of the molecule is Cc1cc(-c2c(OCC[C@@H]3CCN3)c3cc(C(=O)Nc4ncccn4)c(Cl)cc3[nH]c2=O)cc(C)c1C. The molecule has 2 aromatic carbocycles. The highest BCUT2D eigenvalue weighted by molar-refractivity contribution is 6.35. The Hall–Kier alpha value is -3.75. The zero-order valence-corrected chi connectivity index (χ0v) is 21.7. The van der Waals surface area contributed by atoms with Crippen molar-refractivity contribution in [2.24, 2.45) is 0 Å². The molecule has 3 heterocycles. The maximum Gasteiger partial charge on any atom is 0.260 e. The van der Waals surface area contributed by atoms with E-state index in [0.29, 0.717) is 34.9 Å². The van der Waals surface area contributed by atoms with E-state index in [2.05, 4.69) is 32.5 Å². The van der Waals surface area contributed by atoms with E-state index >= 15 is 0 Å². The first-order valence-corrected chi connectivity index (χ1v) is 12.6. The van der Waals surface area contributed by atoms with Crippen molar-refractivity contribution in [1.82, 2.24) is 20.3 Å². The second-order valence-corrected chi connectivity index (χ2v) is 9.78. The first-order valence-electron chi connectivity index (χ1n) is 12.2. The van der Waals surface area contributed by atoms with Gasteiger partial charge in [0.1, 0.15) is 5.75 Å². The summed E-state index contributed by atoms with van der Waals surface area (Å²) >= 11 is 6.48. The number of halogens is 1. The molecule has 190 valence electrons. The highest BCUT2D eigenvalue weighted by Gasteiger charge is 2.22. The highest BCUT2D eigenvalue weighted by atomic mass is 35.5. The number of nitrogens with zero attached hydrogens (tertiary/aromatic N) is 2. The molecule has 0 unspecified atom stereocenters. The first kappa shape index (κ1) is 24.9. The fourth-order valence-corrected chi connectivity index (χ4v) is 4.73. The molecule has 1 aliphatic rings. The highest BCUT2D eigenvalue weighted by Crippen LogP contribution is 2.37. The molecular weight excluding hydrogens is 490 g/mol. The van der Waals surface area contributed by atoms with Gasteiger partial charge in [0.2, 0.25) is 5.95 Å². The van der Waals surface area contributed by atoms with Crippen molar-refractivity contribution in [3.8, 4) is 16.9 Å². The van der Waals surface area contributed by atoms with E-state index in [4.69, 9.17) is 16.3 Å². The number of aromatic amines is 1. The molecule has 4 aromatic rings. The third-order valence-electron chi connectivity index (χ3n) is 6.94. The summed E-state index contributed by atoms with van der Waals surface area (Å²) in [5.41, 5.74) is 4.96. The number of aryl methyl sites for hydroxylation is 2. The fourth-order valence-electron chi connectivity index (χ4n) is 4.48. The number of aromatic nitrogens is 3. The van der Waals surface area contributed by atoms with Gasteiger partial charge in [-0.2, -0.15) is 0 Å². The van der Waals surface area contributed by atoms with Crippen LogP contribution in [0.25, 0.3) is 22.0 Å². The van der Waals surface area contributed by atoms with Crippen molar-refractivity contribution in [2.75, 3.05) is 18.5 Å². The molecule has 1 amide bonds. The lowest BCUT2D eigenvalue weighted by molar-refractivity contribution is 0.102. The summed E-state index contributed by atoms with van der Waals surface area (Å²) in [6, 6.07) is 9.29. The lowest BCUT2D eigenvalue weighted by atomic mass is 9.95. The number of amides is 1. The van der Waals surface area contributed by atoms with Crippen LogP contribution in [0.1, 0.15) is 39.9 Å². The van der Waals surface area contributed by atoms with Gasteiger partial charge in [-0.3, -0.25) is 14.9 Å². The monoisotopic (exact) mass is 517 g/mol. The number of carbonyl (C=O) groups is 1. The predicted molar refractivity (Wildman–Crippen MR) is 146 cm³/mol. The summed E-state index contributed by atoms with van der Waals surface area (Å²) in [5.74, 6) is 0.140. The lowest BCUT2D eigenvalue weighted by Crippen LogP contribution is -2.43. The standard InChI is InChI=1S/C28H28ClN5O3/c1-15-11-18(12-16(2)17(15)3)24-25(37-10-6-19-5-9-30-19)21-13-20(22(29)14-23(21)33-27(24)36)26(35)34-28-31-7-4-8-32-28/h4,7-8,11-14,19,30H,5-6,9-10H2,1-3H3,(H,33,36)(H,31,32,34,35)/t19-/m0/s1. The van der Waals surface area contributed by atoms with Gasteiger partial charge >= 0.3 is 0 Å². The van der Waals surface area contributed by atoms with Gasteiger partial charge in [0.25, 0.3) is 11.5 Å². The number of pyridine rings is 1. The number of hydrogen-bond acceptors (Lipinski definition) is 6. The fraction of sp³-hybridized carbons (Fsp3) is 0.286. The minimum absolute atomic E-state index is 0.167. The second kappa shape index (κ2) is 10.3. The minimum atomic E-state index is -0.461. The van der Waals surface area contributed by atoms with Crippen LogP contribution in [-0.4, -0.2) is 40.1 Å². The van der Waals surface area contributed by atoms with Crippen LogP contribution in [0.4, 0.5) is 5.95 Å². The van der Waals surface area contributed by atoms with E-state index in [1.165, 1.54) is 18.0 Å². The first-order chi connectivity index (χ1) is 17.8. The average molecular weight is 518 g/mol. The van der Waals surface area contributed by atoms with Crippen molar-refractivity contribution in [3.63, 3.8) is 0 Å². The van der Waals surface area contributed by atoms with E-state index < -0.39 is 5.91 Å². The summed E-state index contributed by atoms with van der Waals surface area (Å²) in [6.07, 6.45) is 4.99. The Morgan fingerprint density at radius 1 is 1.14 bits per heavy atom. The number of hydrogen-bond donors (Lipinski definition) is 3. The van der Waals surface area contributed by atoms with Gasteiger partial charge in [-0.25, -0.2) is 9.97 Å². The van der Waals surface area contributed by atoms with Crippen molar-refractivity contribution < 1.29 is 9.53 Å². The molecule has 0 radical (unpaired) electrons. The van der Waals surface area contributed by atoms with Gasteiger partial charge in [-0.1, -0.05) is 23.7 Å². The van der Waals surface area contributed by atoms with Crippen LogP contribution in [0.15, 0.2) is 47.5 Å². The van der Waals surface area contributed by atoms with Crippen LogP contribution in [0.5, 0.6) is 5.75 Å². The average Bonchev–Trinajstić information content (AvgIpc) is 2.83. The zero-order chi connectivity index (χ0) is 26.1. The molecule has 9 heteroatoms. The topological polar surface area (TPSA) is 109 Å². The molecule has 2 aromatic heterocycles. The number of fused-ring (bicyclic) bond motifs is 1. The second-order valence-electron chi connectivity index (χ2n) is 9.37. The molecule has 8 nitrogen and oxygen atoms in total. The van der Waals surface area contributed by atoms with Crippen molar-refractivity contribution in [1.29, 1.82) is 0 Å². The minimum Gasteiger partial charge on any atom is -0.492 e. The number of carbonyl (C=O) groups excluding carboxylic acids is 1. The van der Waals surface area contributed by atoms with Gasteiger partial charge in [-0.05, 0) is 80.6 Å². The van der Waals surface area contributed by atoms with Crippen LogP contribution in [0, 0.1) is 20.8 Å². The smallest absolute Gasteiger partial charge is 0.260 e. The molecule has 1 saturated heterocycles. The molecule has 3 N–H and O–H groups in total. The number of rotatable bonds is 7. The van der Waals surface area contributed by atoms with Gasteiger partial charge < -0.3 is 15.0 Å². The summed E-state index contributed by atoms with van der Waals surface area (Å²) in [5, 5.41) is 6.82. The van der Waals surface area contributed by atoms with E-state index in [1.54, 1.807) is 18.2 Å². The molecule has 5 rings (SSSR count). The number of H-pyrrole nitrogens is 1. The Bertz CT molecular complexity index is 1520. The molecule has 37 heavy (non-hydrogen) atoms. The number of ether oxygens (including phenoxy) is 1. The molecule has 0 aliphatic carbocycles. The van der Waals surface area contributed by atoms with E-state index in [9.17, 15) is 9.59 Å². The largest absolute Gasteiger partial charge is 0.492 e. The maximum absolute atomic E-state index is 13.4. The van der Waals surface area contributed by atoms with E-state index in [0.717, 1.165) is 36.1 Å². The summed E-state index contributed by atoms with van der Waals surface area (Å²) in [4.78, 5) is 37.5. The van der Waals surface area contributed by atoms with Crippen LogP contribution >= 0.6 is 11.6 Å². The van der Waals surface area contributed by atoms with Crippen LogP contribution in [0.2, 0.25) is 5.02 Å². The number of anilines is 1. The Kier molecular flexibility index (Phi) is 6.95. The molecule has 0 spiro atoms. The summed E-state index contributed by atoms with van der Waals surface area (Å²) < 4.78 is 6.34. The maximum atomic E-state index is 13.4. The van der Waals surface area contributed by atoms with E-state index in [-0.39, 0.29) is 22.1 Å². The van der Waals surface area contributed by atoms with Crippen LogP contribution in [-0.2, 0) is 0 Å². The lowest BCUT2D eigenvalue weighted by Gasteiger charge is -2.27. The summed E-state index contributed by atoms with van der Waals surface area (Å²) in [6.45, 7) is 7.55. The molecule has 0 saturated carbocycles. The molecule has 1 fully saturated rings. The number of nitrogens with one attached hydrogen (secondary N) is 3. The Labute approximate surface area is 219 Å². The molecule has 0 bridgehead atoms. The zero-order valence-electron chi connectivity index (χ0n) is 20.9. The molecule has 1 atom stereocenters. The summed E-state index contributed by atoms with van der Waals surface area (Å²) in [7, 11) is 0. The van der Waals surface area contributed by atoms with Crippen molar-refractivity contribution >= 4 is 34.4 Å². The third-order valence-corrected chi connectivity index (χ3v) is 7.26.